The number of methoxy groups -OCH3 is 1. The molecule has 1 unspecified atom stereocenters. The maximum absolute atomic E-state index is 12.2. The SMILES string of the molecule is CCC(CCO)(CCCO)CCCOC(=O)c1ccc(C(=O)OCCOC)cc1. The van der Waals surface area contributed by atoms with Gasteiger partial charge in [0.05, 0.1) is 24.3 Å². The Hall–Kier alpha value is -1.96. The van der Waals surface area contributed by atoms with Crippen molar-refractivity contribution in [3.63, 3.8) is 0 Å². The Balaban J connectivity index is 2.48. The van der Waals surface area contributed by atoms with E-state index in [-0.39, 0.29) is 31.8 Å². The molecular weight excluding hydrogens is 376 g/mol. The van der Waals surface area contributed by atoms with Crippen LogP contribution in [0, 0.1) is 5.41 Å². The molecule has 0 bridgehead atoms. The lowest BCUT2D eigenvalue weighted by molar-refractivity contribution is 0.0386. The molecule has 7 heteroatoms. The molecular formula is C22H34O7. The van der Waals surface area contributed by atoms with Crippen LogP contribution in [0.4, 0.5) is 0 Å². The second-order valence-corrected chi connectivity index (χ2v) is 7.10. The topological polar surface area (TPSA) is 102 Å². The average Bonchev–Trinajstić information content (AvgIpc) is 2.75. The van der Waals surface area contributed by atoms with E-state index in [1.165, 1.54) is 19.2 Å². The summed E-state index contributed by atoms with van der Waals surface area (Å²) in [5, 5.41) is 18.5. The molecule has 0 aliphatic carbocycles. The van der Waals surface area contributed by atoms with Crippen molar-refractivity contribution in [2.75, 3.05) is 40.1 Å². The number of aliphatic hydroxyl groups excluding tert-OH is 2. The average molecular weight is 411 g/mol. The monoisotopic (exact) mass is 410 g/mol. The molecule has 2 N–H and O–H groups in total. The minimum absolute atomic E-state index is 0.0330. The number of esters is 2. The summed E-state index contributed by atoms with van der Waals surface area (Å²) in [6, 6.07) is 6.14. The highest BCUT2D eigenvalue weighted by Gasteiger charge is 2.26. The van der Waals surface area contributed by atoms with Crippen molar-refractivity contribution in [3.05, 3.63) is 35.4 Å². The van der Waals surface area contributed by atoms with Gasteiger partial charge in [0.2, 0.25) is 0 Å². The van der Waals surface area contributed by atoms with Gasteiger partial charge in [-0.15, -0.1) is 0 Å². The van der Waals surface area contributed by atoms with E-state index in [4.69, 9.17) is 19.3 Å². The molecule has 164 valence electrons. The summed E-state index contributed by atoms with van der Waals surface area (Å²) in [7, 11) is 1.53. The van der Waals surface area contributed by atoms with E-state index in [9.17, 15) is 14.7 Å². The van der Waals surface area contributed by atoms with Crippen LogP contribution in [-0.2, 0) is 14.2 Å². The Labute approximate surface area is 173 Å². The molecule has 0 spiro atoms. The number of aliphatic hydroxyl groups is 2. The molecule has 0 aliphatic rings. The maximum atomic E-state index is 12.2. The second kappa shape index (κ2) is 14.1. The van der Waals surface area contributed by atoms with Crippen molar-refractivity contribution in [3.8, 4) is 0 Å². The van der Waals surface area contributed by atoms with E-state index >= 15 is 0 Å². The van der Waals surface area contributed by atoms with Gasteiger partial charge in [-0.05, 0) is 61.8 Å². The Bertz CT molecular complexity index is 600. The summed E-state index contributed by atoms with van der Waals surface area (Å²) in [4.78, 5) is 24.0. The first-order valence-electron chi connectivity index (χ1n) is 10.2. The van der Waals surface area contributed by atoms with Gasteiger partial charge in [-0.2, -0.15) is 0 Å². The summed E-state index contributed by atoms with van der Waals surface area (Å²) < 4.78 is 15.2. The Morgan fingerprint density at radius 3 is 1.86 bits per heavy atom. The fraction of sp³-hybridized carbons (Fsp3) is 0.636. The summed E-state index contributed by atoms with van der Waals surface area (Å²) in [6.07, 6.45) is 4.64. The fourth-order valence-electron chi connectivity index (χ4n) is 3.34. The van der Waals surface area contributed by atoms with Crippen molar-refractivity contribution in [2.45, 2.75) is 45.4 Å². The lowest BCUT2D eigenvalue weighted by Crippen LogP contribution is -2.23. The molecule has 1 aromatic carbocycles. The molecule has 0 aromatic heterocycles. The van der Waals surface area contributed by atoms with E-state index in [0.29, 0.717) is 37.0 Å². The van der Waals surface area contributed by atoms with Gasteiger partial charge in [-0.1, -0.05) is 13.3 Å². The fourth-order valence-corrected chi connectivity index (χ4v) is 3.34. The van der Waals surface area contributed by atoms with Crippen LogP contribution in [0.25, 0.3) is 0 Å². The summed E-state index contributed by atoms with van der Waals surface area (Å²) >= 11 is 0. The smallest absolute Gasteiger partial charge is 0.338 e. The van der Waals surface area contributed by atoms with Crippen molar-refractivity contribution >= 4 is 11.9 Å². The molecule has 7 nitrogen and oxygen atoms in total. The van der Waals surface area contributed by atoms with Crippen molar-refractivity contribution < 1.29 is 34.0 Å². The standard InChI is InChI=1S/C22H34O7/c1-3-22(12-14-24,10-4-13-23)11-5-15-28-20(25)18-6-8-19(9-7-18)21(26)29-17-16-27-2/h6-9,23-24H,3-5,10-17H2,1-2H3. The molecule has 0 heterocycles. The van der Waals surface area contributed by atoms with Crippen molar-refractivity contribution in [1.29, 1.82) is 0 Å². The molecule has 0 amide bonds. The summed E-state index contributed by atoms with van der Waals surface area (Å²) in [5.74, 6) is -0.909. The Morgan fingerprint density at radius 2 is 1.38 bits per heavy atom. The van der Waals surface area contributed by atoms with Gasteiger partial charge in [0.1, 0.15) is 6.61 Å². The van der Waals surface area contributed by atoms with Crippen LogP contribution in [-0.4, -0.2) is 62.3 Å². The predicted octanol–water partition coefficient (Wildman–Crippen LogP) is 2.98. The second-order valence-electron chi connectivity index (χ2n) is 7.10. The third-order valence-electron chi connectivity index (χ3n) is 5.22. The number of carbonyl (C=O) groups excluding carboxylic acids is 2. The molecule has 29 heavy (non-hydrogen) atoms. The zero-order chi connectivity index (χ0) is 21.5. The first-order valence-corrected chi connectivity index (χ1v) is 10.2. The highest BCUT2D eigenvalue weighted by Crippen LogP contribution is 2.37. The maximum Gasteiger partial charge on any atom is 0.338 e. The lowest BCUT2D eigenvalue weighted by Gasteiger charge is -2.32. The predicted molar refractivity (Wildman–Crippen MR) is 109 cm³/mol. The molecule has 1 rings (SSSR count). The van der Waals surface area contributed by atoms with E-state index in [1.54, 1.807) is 12.1 Å². The number of rotatable bonds is 15. The summed E-state index contributed by atoms with van der Waals surface area (Å²) in [5.41, 5.74) is 0.698. The van der Waals surface area contributed by atoms with E-state index in [2.05, 4.69) is 6.92 Å². The van der Waals surface area contributed by atoms with E-state index in [1.807, 2.05) is 0 Å². The van der Waals surface area contributed by atoms with Crippen LogP contribution < -0.4 is 0 Å². The van der Waals surface area contributed by atoms with Gasteiger partial charge in [0.15, 0.2) is 0 Å². The lowest BCUT2D eigenvalue weighted by atomic mass is 9.74. The molecule has 0 saturated heterocycles. The number of hydrogen-bond donors (Lipinski definition) is 2. The minimum atomic E-state index is -0.468. The number of ether oxygens (including phenoxy) is 3. The largest absolute Gasteiger partial charge is 0.462 e. The zero-order valence-electron chi connectivity index (χ0n) is 17.5. The molecule has 1 aromatic rings. The van der Waals surface area contributed by atoms with Crippen LogP contribution in [0.2, 0.25) is 0 Å². The van der Waals surface area contributed by atoms with E-state index in [0.717, 1.165) is 19.3 Å². The summed E-state index contributed by atoms with van der Waals surface area (Å²) in [6.45, 7) is 3.12. The van der Waals surface area contributed by atoms with Gasteiger partial charge in [0, 0.05) is 20.3 Å². The van der Waals surface area contributed by atoms with Gasteiger partial charge in [0.25, 0.3) is 0 Å². The molecule has 0 fully saturated rings. The van der Waals surface area contributed by atoms with Gasteiger partial charge in [-0.3, -0.25) is 0 Å². The van der Waals surface area contributed by atoms with Crippen molar-refractivity contribution in [1.82, 2.24) is 0 Å². The van der Waals surface area contributed by atoms with Crippen LogP contribution in [0.15, 0.2) is 24.3 Å². The van der Waals surface area contributed by atoms with Crippen LogP contribution >= 0.6 is 0 Å². The van der Waals surface area contributed by atoms with Crippen LogP contribution in [0.5, 0.6) is 0 Å². The van der Waals surface area contributed by atoms with Gasteiger partial charge < -0.3 is 24.4 Å². The normalized spacial score (nSPS) is 13.0. The first-order chi connectivity index (χ1) is 14.0. The van der Waals surface area contributed by atoms with Gasteiger partial charge in [-0.25, -0.2) is 9.59 Å². The third-order valence-corrected chi connectivity index (χ3v) is 5.22. The van der Waals surface area contributed by atoms with Gasteiger partial charge >= 0.3 is 11.9 Å². The Kier molecular flexibility index (Phi) is 12.2. The zero-order valence-corrected chi connectivity index (χ0v) is 17.5. The number of benzene rings is 1. The van der Waals surface area contributed by atoms with Crippen LogP contribution in [0.3, 0.4) is 0 Å². The molecule has 0 aliphatic heterocycles. The molecule has 0 radical (unpaired) electrons. The minimum Gasteiger partial charge on any atom is -0.462 e. The number of hydrogen-bond acceptors (Lipinski definition) is 7. The molecule has 1 atom stereocenters. The quantitative estimate of drug-likeness (QED) is 0.338. The highest BCUT2D eigenvalue weighted by molar-refractivity contribution is 5.93. The highest BCUT2D eigenvalue weighted by atomic mass is 16.6. The van der Waals surface area contributed by atoms with E-state index < -0.39 is 11.9 Å². The number of carbonyl (C=O) groups is 2. The van der Waals surface area contributed by atoms with Crippen LogP contribution in [0.1, 0.15) is 66.2 Å². The first kappa shape index (κ1) is 25.1. The Morgan fingerprint density at radius 1 is 0.828 bits per heavy atom. The van der Waals surface area contributed by atoms with Crippen molar-refractivity contribution in [2.24, 2.45) is 5.41 Å². The molecule has 0 saturated carbocycles. The third kappa shape index (κ3) is 8.94.